The van der Waals surface area contributed by atoms with E-state index in [9.17, 15) is 8.42 Å². The lowest BCUT2D eigenvalue weighted by molar-refractivity contribution is 0.227. The fourth-order valence-corrected chi connectivity index (χ4v) is 4.95. The molecule has 1 aliphatic rings. The van der Waals surface area contributed by atoms with E-state index in [1.165, 1.54) is 6.20 Å². The van der Waals surface area contributed by atoms with Crippen LogP contribution in [0.15, 0.2) is 47.6 Å². The zero-order valence-electron chi connectivity index (χ0n) is 13.9. The summed E-state index contributed by atoms with van der Waals surface area (Å²) in [6.07, 6.45) is 5.75. The summed E-state index contributed by atoms with van der Waals surface area (Å²) in [4.78, 5) is 0.242. The van der Waals surface area contributed by atoms with Gasteiger partial charge in [0.2, 0.25) is 10.0 Å². The number of rotatable bonds is 5. The van der Waals surface area contributed by atoms with E-state index in [-0.39, 0.29) is 17.0 Å². The highest BCUT2D eigenvalue weighted by Crippen LogP contribution is 2.26. The Morgan fingerprint density at radius 2 is 2.04 bits per heavy atom. The summed E-state index contributed by atoms with van der Waals surface area (Å²) in [7, 11) is -3.56. The molecule has 7 heteroatoms. The van der Waals surface area contributed by atoms with Crippen LogP contribution in [0, 0.1) is 0 Å². The third-order valence-electron chi connectivity index (χ3n) is 4.51. The normalized spacial score (nSPS) is 20.8. The Kier molecular flexibility index (Phi) is 5.03. The van der Waals surface area contributed by atoms with Gasteiger partial charge >= 0.3 is 0 Å². The maximum absolute atomic E-state index is 13.0. The molecule has 1 saturated heterocycles. The minimum absolute atomic E-state index is 0.138. The summed E-state index contributed by atoms with van der Waals surface area (Å²) in [6, 6.07) is 9.53. The van der Waals surface area contributed by atoms with Crippen LogP contribution in [-0.4, -0.2) is 41.1 Å². The van der Waals surface area contributed by atoms with Crippen molar-refractivity contribution in [2.24, 2.45) is 5.73 Å². The fraction of sp³-hybridized carbons (Fsp3) is 0.471. The van der Waals surface area contributed by atoms with E-state index >= 15 is 0 Å². The first kappa shape index (κ1) is 17.1. The molecule has 0 spiro atoms. The number of sulfonamides is 1. The summed E-state index contributed by atoms with van der Waals surface area (Å²) in [5.41, 5.74) is 7.09. The monoisotopic (exact) mass is 348 g/mol. The molecule has 0 amide bonds. The minimum Gasteiger partial charge on any atom is -0.326 e. The molecule has 2 atom stereocenters. The summed E-state index contributed by atoms with van der Waals surface area (Å²) in [5, 5.41) is 4.22. The lowest BCUT2D eigenvalue weighted by Crippen LogP contribution is -2.51. The molecule has 24 heavy (non-hydrogen) atoms. The molecular weight excluding hydrogens is 324 g/mol. The first-order valence-electron chi connectivity index (χ1n) is 8.32. The van der Waals surface area contributed by atoms with Gasteiger partial charge in [-0.05, 0) is 25.3 Å². The summed E-state index contributed by atoms with van der Waals surface area (Å²) in [6.45, 7) is 2.95. The third kappa shape index (κ3) is 3.53. The molecule has 0 saturated carbocycles. The fourth-order valence-electron chi connectivity index (χ4n) is 3.22. The molecule has 2 N–H and O–H groups in total. The quantitative estimate of drug-likeness (QED) is 0.894. The molecular formula is C17H24N4O2S. The SMILES string of the molecule is CC(N)C1CCCCN1S(=O)(=O)c1cnn(Cc2ccccc2)c1. The first-order valence-corrected chi connectivity index (χ1v) is 9.76. The van der Waals surface area contributed by atoms with Crippen molar-refractivity contribution in [1.29, 1.82) is 0 Å². The Labute approximate surface area is 143 Å². The number of hydrogen-bond acceptors (Lipinski definition) is 4. The van der Waals surface area contributed by atoms with Gasteiger partial charge < -0.3 is 5.73 Å². The van der Waals surface area contributed by atoms with E-state index in [1.54, 1.807) is 15.2 Å². The number of nitrogens with zero attached hydrogens (tertiary/aromatic N) is 3. The van der Waals surface area contributed by atoms with Crippen molar-refractivity contribution in [3.63, 3.8) is 0 Å². The second-order valence-corrected chi connectivity index (χ2v) is 8.29. The van der Waals surface area contributed by atoms with E-state index < -0.39 is 10.0 Å². The zero-order valence-corrected chi connectivity index (χ0v) is 14.7. The lowest BCUT2D eigenvalue weighted by Gasteiger charge is -2.36. The smallest absolute Gasteiger partial charge is 0.246 e. The van der Waals surface area contributed by atoms with Crippen LogP contribution in [0.1, 0.15) is 31.7 Å². The van der Waals surface area contributed by atoms with Gasteiger partial charge in [0, 0.05) is 24.8 Å². The predicted octanol–water partition coefficient (Wildman–Crippen LogP) is 1.82. The highest BCUT2D eigenvalue weighted by Gasteiger charge is 2.35. The number of hydrogen-bond donors (Lipinski definition) is 1. The molecule has 6 nitrogen and oxygen atoms in total. The van der Waals surface area contributed by atoms with Crippen LogP contribution in [0.4, 0.5) is 0 Å². The van der Waals surface area contributed by atoms with Crippen molar-refractivity contribution in [2.75, 3.05) is 6.54 Å². The van der Waals surface area contributed by atoms with Crippen molar-refractivity contribution in [1.82, 2.24) is 14.1 Å². The molecule has 2 unspecified atom stereocenters. The standard InChI is InChI=1S/C17H24N4O2S/c1-14(18)17-9-5-6-10-21(17)24(22,23)16-11-19-20(13-16)12-15-7-3-2-4-8-15/h2-4,7-8,11,13-14,17H,5-6,9-10,12,18H2,1H3. The molecule has 3 rings (SSSR count). The molecule has 0 radical (unpaired) electrons. The van der Waals surface area contributed by atoms with E-state index in [0.29, 0.717) is 13.1 Å². The highest BCUT2D eigenvalue weighted by atomic mass is 32.2. The van der Waals surface area contributed by atoms with Crippen LogP contribution in [0.25, 0.3) is 0 Å². The Hall–Kier alpha value is -1.70. The maximum Gasteiger partial charge on any atom is 0.246 e. The van der Waals surface area contributed by atoms with Gasteiger partial charge in [-0.1, -0.05) is 36.8 Å². The van der Waals surface area contributed by atoms with Gasteiger partial charge in [0.05, 0.1) is 12.7 Å². The van der Waals surface area contributed by atoms with E-state index in [0.717, 1.165) is 24.8 Å². The van der Waals surface area contributed by atoms with Crippen LogP contribution in [0.2, 0.25) is 0 Å². The van der Waals surface area contributed by atoms with Gasteiger partial charge in [-0.3, -0.25) is 4.68 Å². The highest BCUT2D eigenvalue weighted by molar-refractivity contribution is 7.89. The summed E-state index contributed by atoms with van der Waals surface area (Å²) < 4.78 is 29.2. The van der Waals surface area contributed by atoms with Gasteiger partial charge in [-0.25, -0.2) is 8.42 Å². The summed E-state index contributed by atoms with van der Waals surface area (Å²) in [5.74, 6) is 0. The Balaban J connectivity index is 1.82. The molecule has 2 aromatic rings. The molecule has 130 valence electrons. The molecule has 1 aromatic carbocycles. The Morgan fingerprint density at radius 3 is 2.75 bits per heavy atom. The average Bonchev–Trinajstić information content (AvgIpc) is 3.05. The van der Waals surface area contributed by atoms with Gasteiger partial charge in [0.1, 0.15) is 4.90 Å². The second-order valence-electron chi connectivity index (χ2n) is 6.40. The number of nitrogens with two attached hydrogens (primary N) is 1. The largest absolute Gasteiger partial charge is 0.326 e. The minimum atomic E-state index is -3.56. The molecule has 1 aliphatic heterocycles. The van der Waals surface area contributed by atoms with E-state index in [4.69, 9.17) is 5.73 Å². The Bertz CT molecular complexity index is 771. The van der Waals surface area contributed by atoms with Crippen molar-refractivity contribution in [2.45, 2.75) is 49.7 Å². The topological polar surface area (TPSA) is 81.2 Å². The van der Waals surface area contributed by atoms with Crippen molar-refractivity contribution < 1.29 is 8.42 Å². The zero-order chi connectivity index (χ0) is 17.2. The molecule has 0 aliphatic carbocycles. The van der Waals surface area contributed by atoms with Crippen LogP contribution in [0.3, 0.4) is 0 Å². The Morgan fingerprint density at radius 1 is 1.29 bits per heavy atom. The van der Waals surface area contributed by atoms with Crippen LogP contribution < -0.4 is 5.73 Å². The van der Waals surface area contributed by atoms with Crippen LogP contribution in [-0.2, 0) is 16.6 Å². The average molecular weight is 348 g/mol. The van der Waals surface area contributed by atoms with Crippen LogP contribution in [0.5, 0.6) is 0 Å². The van der Waals surface area contributed by atoms with Crippen molar-refractivity contribution >= 4 is 10.0 Å². The maximum atomic E-state index is 13.0. The number of piperidine rings is 1. The first-order chi connectivity index (χ1) is 11.5. The van der Waals surface area contributed by atoms with E-state index in [2.05, 4.69) is 5.10 Å². The number of aromatic nitrogens is 2. The molecule has 1 fully saturated rings. The van der Waals surface area contributed by atoms with Crippen molar-refractivity contribution in [3.05, 3.63) is 48.3 Å². The molecule has 2 heterocycles. The van der Waals surface area contributed by atoms with Gasteiger partial charge in [0.15, 0.2) is 0 Å². The third-order valence-corrected chi connectivity index (χ3v) is 6.39. The molecule has 0 bridgehead atoms. The van der Waals surface area contributed by atoms with Gasteiger partial charge in [-0.2, -0.15) is 9.40 Å². The van der Waals surface area contributed by atoms with Gasteiger partial charge in [0.25, 0.3) is 0 Å². The predicted molar refractivity (Wildman–Crippen MR) is 93.0 cm³/mol. The summed E-state index contributed by atoms with van der Waals surface area (Å²) >= 11 is 0. The van der Waals surface area contributed by atoms with Gasteiger partial charge in [-0.15, -0.1) is 0 Å². The van der Waals surface area contributed by atoms with Crippen LogP contribution >= 0.6 is 0 Å². The lowest BCUT2D eigenvalue weighted by atomic mass is 10.00. The van der Waals surface area contributed by atoms with Crippen molar-refractivity contribution in [3.8, 4) is 0 Å². The number of benzene rings is 1. The van der Waals surface area contributed by atoms with E-state index in [1.807, 2.05) is 37.3 Å². The second kappa shape index (κ2) is 7.04. The molecule has 1 aromatic heterocycles.